The van der Waals surface area contributed by atoms with Crippen LogP contribution in [0.2, 0.25) is 0 Å². The van der Waals surface area contributed by atoms with Crippen LogP contribution in [-0.4, -0.2) is 15.2 Å². The van der Waals surface area contributed by atoms with Crippen molar-refractivity contribution in [1.82, 2.24) is 10.3 Å². The van der Waals surface area contributed by atoms with Crippen LogP contribution in [0.1, 0.15) is 23.5 Å². The Hall–Kier alpha value is -3.16. The van der Waals surface area contributed by atoms with Crippen molar-refractivity contribution >= 4 is 38.9 Å². The van der Waals surface area contributed by atoms with Gasteiger partial charge in [0.05, 0.1) is 17.4 Å². The van der Waals surface area contributed by atoms with Crippen LogP contribution in [0.3, 0.4) is 0 Å². The van der Waals surface area contributed by atoms with Crippen LogP contribution in [0.4, 0.5) is 5.69 Å². The summed E-state index contributed by atoms with van der Waals surface area (Å²) in [6.45, 7) is 0. The highest BCUT2D eigenvalue weighted by molar-refractivity contribution is 9.10. The van der Waals surface area contributed by atoms with Gasteiger partial charge in [-0.2, -0.15) is 0 Å². The number of benzene rings is 2. The quantitative estimate of drug-likeness (QED) is 0.342. The molecule has 3 heterocycles. The van der Waals surface area contributed by atoms with E-state index in [1.165, 1.54) is 0 Å². The number of nitrogens with one attached hydrogen (secondary N) is 1. The summed E-state index contributed by atoms with van der Waals surface area (Å²) in [4.78, 5) is 6.44. The Morgan fingerprint density at radius 3 is 2.48 bits per heavy atom. The number of halogens is 1. The molecule has 7 heteroatoms. The van der Waals surface area contributed by atoms with Crippen molar-refractivity contribution in [1.29, 1.82) is 0 Å². The van der Waals surface area contributed by atoms with Gasteiger partial charge < -0.3 is 19.7 Å². The lowest BCUT2D eigenvalue weighted by molar-refractivity contribution is 0.434. The second kappa shape index (κ2) is 8.17. The molecule has 1 fully saturated rings. The molecule has 2 aromatic heterocycles. The highest BCUT2D eigenvalue weighted by atomic mass is 79.9. The van der Waals surface area contributed by atoms with E-state index in [0.717, 1.165) is 27.3 Å². The molecule has 2 atom stereocenters. The van der Waals surface area contributed by atoms with Gasteiger partial charge in [0.2, 0.25) is 0 Å². The van der Waals surface area contributed by atoms with E-state index < -0.39 is 0 Å². The molecule has 2 aromatic carbocycles. The summed E-state index contributed by atoms with van der Waals surface area (Å²) < 4.78 is 7.33. The summed E-state index contributed by atoms with van der Waals surface area (Å²) in [7, 11) is 0. The van der Waals surface area contributed by atoms with Gasteiger partial charge in [0.15, 0.2) is 5.11 Å². The fraction of sp³-hybridized carbons (Fsp3) is 0.0833. The number of para-hydroxylation sites is 2. The minimum absolute atomic E-state index is 0.151. The summed E-state index contributed by atoms with van der Waals surface area (Å²) in [6.07, 6.45) is 1.76. The zero-order chi connectivity index (χ0) is 21.4. The molecular weight excluding hydrogens is 474 g/mol. The first-order valence-corrected chi connectivity index (χ1v) is 11.0. The summed E-state index contributed by atoms with van der Waals surface area (Å²) in [5.41, 5.74) is 2.44. The van der Waals surface area contributed by atoms with Gasteiger partial charge in [-0.05, 0) is 60.7 Å². The fourth-order valence-electron chi connectivity index (χ4n) is 3.85. The smallest absolute Gasteiger partial charge is 0.174 e. The van der Waals surface area contributed by atoms with Crippen LogP contribution >= 0.6 is 28.1 Å². The van der Waals surface area contributed by atoms with Crippen molar-refractivity contribution in [3.63, 3.8) is 0 Å². The molecule has 31 heavy (non-hydrogen) atoms. The van der Waals surface area contributed by atoms with E-state index in [2.05, 4.69) is 26.2 Å². The van der Waals surface area contributed by atoms with E-state index in [0.29, 0.717) is 10.8 Å². The van der Waals surface area contributed by atoms with Crippen LogP contribution in [0.25, 0.3) is 11.3 Å². The molecule has 0 radical (unpaired) electrons. The third kappa shape index (κ3) is 3.71. The molecule has 5 nitrogen and oxygen atoms in total. The molecule has 0 amide bonds. The normalized spacial score (nSPS) is 18.2. The van der Waals surface area contributed by atoms with Gasteiger partial charge in [-0.3, -0.25) is 4.98 Å². The lowest BCUT2D eigenvalue weighted by Crippen LogP contribution is -2.29. The van der Waals surface area contributed by atoms with Crippen molar-refractivity contribution in [2.75, 3.05) is 4.90 Å². The summed E-state index contributed by atoms with van der Waals surface area (Å²) >= 11 is 9.15. The lowest BCUT2D eigenvalue weighted by atomic mass is 10.0. The first kappa shape index (κ1) is 19.8. The monoisotopic (exact) mass is 491 g/mol. The number of pyridine rings is 1. The second-order valence-electron chi connectivity index (χ2n) is 7.19. The third-order valence-electron chi connectivity index (χ3n) is 5.29. The van der Waals surface area contributed by atoms with E-state index in [1.54, 1.807) is 18.3 Å². The highest BCUT2D eigenvalue weighted by Gasteiger charge is 2.43. The number of phenolic OH excluding ortho intramolecular Hbond substituents is 1. The van der Waals surface area contributed by atoms with Crippen LogP contribution in [0, 0.1) is 0 Å². The molecule has 0 bridgehead atoms. The van der Waals surface area contributed by atoms with E-state index in [-0.39, 0.29) is 17.8 Å². The largest absolute Gasteiger partial charge is 0.506 e. The van der Waals surface area contributed by atoms with Gasteiger partial charge in [-0.1, -0.05) is 46.3 Å². The molecule has 1 aliphatic rings. The Bertz CT molecular complexity index is 1230. The number of hydrogen-bond acceptors (Lipinski definition) is 4. The van der Waals surface area contributed by atoms with Crippen molar-refractivity contribution in [3.8, 4) is 17.1 Å². The van der Waals surface area contributed by atoms with Crippen molar-refractivity contribution in [2.24, 2.45) is 0 Å². The van der Waals surface area contributed by atoms with Crippen LogP contribution in [0.15, 0.2) is 93.9 Å². The first-order chi connectivity index (χ1) is 15.1. The van der Waals surface area contributed by atoms with Gasteiger partial charge in [-0.25, -0.2) is 0 Å². The maximum absolute atomic E-state index is 10.5. The van der Waals surface area contributed by atoms with Crippen molar-refractivity contribution in [2.45, 2.75) is 12.1 Å². The summed E-state index contributed by atoms with van der Waals surface area (Å²) in [5.74, 6) is 1.64. The average Bonchev–Trinajstić information content (AvgIpc) is 3.40. The van der Waals surface area contributed by atoms with E-state index in [4.69, 9.17) is 16.6 Å². The molecule has 1 saturated heterocycles. The van der Waals surface area contributed by atoms with Gasteiger partial charge >= 0.3 is 0 Å². The van der Waals surface area contributed by atoms with Crippen molar-refractivity contribution < 1.29 is 9.52 Å². The molecule has 4 aromatic rings. The number of rotatable bonds is 4. The Labute approximate surface area is 193 Å². The topological polar surface area (TPSA) is 61.5 Å². The number of aromatic nitrogens is 1. The number of hydrogen-bond donors (Lipinski definition) is 2. The van der Waals surface area contributed by atoms with E-state index in [1.807, 2.05) is 71.6 Å². The molecule has 2 N–H and O–H groups in total. The lowest BCUT2D eigenvalue weighted by Gasteiger charge is -2.26. The standard InChI is InChI=1S/C24H18BrN3O2S/c25-16-10-8-15(9-11-16)20-12-13-21(30-20)23-22(17-5-3-4-14-26-17)27-24(31)28(23)18-6-1-2-7-19(18)29/h1-14,22-23,29H,(H,27,31). The number of aromatic hydroxyl groups is 1. The molecular formula is C24H18BrN3O2S. The predicted octanol–water partition coefficient (Wildman–Crippen LogP) is 5.99. The number of nitrogens with zero attached hydrogens (tertiary/aromatic N) is 2. The number of phenols is 1. The number of thiocarbonyl (C=S) groups is 1. The third-order valence-corrected chi connectivity index (χ3v) is 6.13. The Morgan fingerprint density at radius 2 is 1.74 bits per heavy atom. The van der Waals surface area contributed by atoms with Gasteiger partial charge in [0.25, 0.3) is 0 Å². The maximum Gasteiger partial charge on any atom is 0.174 e. The van der Waals surface area contributed by atoms with E-state index in [9.17, 15) is 5.11 Å². The fourth-order valence-corrected chi connectivity index (χ4v) is 4.46. The highest BCUT2D eigenvalue weighted by Crippen LogP contribution is 2.45. The summed E-state index contributed by atoms with van der Waals surface area (Å²) in [6, 6.07) is 24.3. The van der Waals surface area contributed by atoms with Crippen LogP contribution < -0.4 is 10.2 Å². The van der Waals surface area contributed by atoms with E-state index >= 15 is 0 Å². The Morgan fingerprint density at radius 1 is 0.968 bits per heavy atom. The maximum atomic E-state index is 10.5. The van der Waals surface area contributed by atoms with Crippen LogP contribution in [-0.2, 0) is 0 Å². The number of anilines is 1. The average molecular weight is 492 g/mol. The summed E-state index contributed by atoms with van der Waals surface area (Å²) in [5, 5.41) is 14.4. The molecule has 1 aliphatic heterocycles. The molecule has 5 rings (SSSR count). The van der Waals surface area contributed by atoms with Crippen molar-refractivity contribution in [3.05, 3.63) is 101 Å². The van der Waals surface area contributed by atoms with Gasteiger partial charge in [0, 0.05) is 16.2 Å². The Kier molecular flexibility index (Phi) is 5.21. The zero-order valence-electron chi connectivity index (χ0n) is 16.3. The second-order valence-corrected chi connectivity index (χ2v) is 8.50. The van der Waals surface area contributed by atoms with Gasteiger partial charge in [0.1, 0.15) is 23.3 Å². The molecule has 154 valence electrons. The molecule has 0 aliphatic carbocycles. The first-order valence-electron chi connectivity index (χ1n) is 9.76. The Balaban J connectivity index is 1.61. The van der Waals surface area contributed by atoms with Gasteiger partial charge in [-0.15, -0.1) is 0 Å². The molecule has 2 unspecified atom stereocenters. The van der Waals surface area contributed by atoms with Crippen LogP contribution in [0.5, 0.6) is 5.75 Å². The minimum Gasteiger partial charge on any atom is -0.506 e. The molecule has 0 spiro atoms. The number of furan rings is 1. The molecule has 0 saturated carbocycles. The minimum atomic E-state index is -0.320. The predicted molar refractivity (Wildman–Crippen MR) is 128 cm³/mol. The zero-order valence-corrected chi connectivity index (χ0v) is 18.7. The SMILES string of the molecule is Oc1ccccc1N1C(=S)NC(c2ccccn2)C1c1ccc(-c2ccc(Br)cc2)o1.